The first kappa shape index (κ1) is 9.38. The van der Waals surface area contributed by atoms with E-state index in [0.29, 0.717) is 11.4 Å². The maximum absolute atomic E-state index is 10.2. The first-order chi connectivity index (χ1) is 6.11. The second-order valence-electron chi connectivity index (χ2n) is 2.67. The summed E-state index contributed by atoms with van der Waals surface area (Å²) in [5.41, 5.74) is 7.02. The molecule has 0 aromatic heterocycles. The number of carbonyl (C=O) groups is 1. The number of para-hydroxylation sites is 1. The molecule has 4 nitrogen and oxygen atoms in total. The van der Waals surface area contributed by atoms with Crippen LogP contribution in [0.5, 0.6) is 5.75 Å². The highest BCUT2D eigenvalue weighted by Crippen LogP contribution is 2.23. The van der Waals surface area contributed by atoms with Gasteiger partial charge in [0.15, 0.2) is 6.61 Å². The average molecular weight is 181 g/mol. The second-order valence-corrected chi connectivity index (χ2v) is 2.67. The van der Waals surface area contributed by atoms with Crippen molar-refractivity contribution < 1.29 is 14.6 Å². The second kappa shape index (κ2) is 3.80. The van der Waals surface area contributed by atoms with Gasteiger partial charge in [0.25, 0.3) is 0 Å². The van der Waals surface area contributed by atoms with Gasteiger partial charge in [0.2, 0.25) is 0 Å². The molecule has 0 aliphatic carbocycles. The van der Waals surface area contributed by atoms with Crippen molar-refractivity contribution in [2.75, 3.05) is 12.3 Å². The number of anilines is 1. The van der Waals surface area contributed by atoms with Gasteiger partial charge < -0.3 is 15.6 Å². The van der Waals surface area contributed by atoms with Crippen LogP contribution in [-0.2, 0) is 4.79 Å². The molecule has 0 atom stereocenters. The Kier molecular flexibility index (Phi) is 2.74. The fourth-order valence-electron chi connectivity index (χ4n) is 0.919. The number of carboxylic acids is 1. The molecule has 0 bridgehead atoms. The van der Waals surface area contributed by atoms with Crippen LogP contribution >= 0.6 is 0 Å². The third-order valence-electron chi connectivity index (χ3n) is 1.64. The number of nitrogens with two attached hydrogens (primary N) is 1. The van der Waals surface area contributed by atoms with E-state index in [-0.39, 0.29) is 6.61 Å². The summed E-state index contributed by atoms with van der Waals surface area (Å²) in [7, 11) is 0. The normalized spacial score (nSPS) is 9.62. The highest BCUT2D eigenvalue weighted by molar-refractivity contribution is 5.69. The Morgan fingerprint density at radius 3 is 2.92 bits per heavy atom. The molecule has 70 valence electrons. The number of nitrogen functional groups attached to an aromatic ring is 1. The molecule has 0 aliphatic rings. The molecule has 0 fully saturated rings. The Bertz CT molecular complexity index is 323. The van der Waals surface area contributed by atoms with Gasteiger partial charge in [-0.2, -0.15) is 0 Å². The number of benzene rings is 1. The molecule has 0 saturated heterocycles. The Hall–Kier alpha value is -1.71. The van der Waals surface area contributed by atoms with Gasteiger partial charge in [-0.25, -0.2) is 4.79 Å². The van der Waals surface area contributed by atoms with Crippen LogP contribution < -0.4 is 10.5 Å². The fourth-order valence-corrected chi connectivity index (χ4v) is 0.919. The molecule has 1 aromatic carbocycles. The summed E-state index contributed by atoms with van der Waals surface area (Å²) in [6.07, 6.45) is 0. The minimum Gasteiger partial charge on any atom is -0.480 e. The summed E-state index contributed by atoms with van der Waals surface area (Å²) in [6.45, 7) is 1.47. The summed E-state index contributed by atoms with van der Waals surface area (Å²) in [5.74, 6) is -0.594. The lowest BCUT2D eigenvalue weighted by molar-refractivity contribution is -0.139. The molecule has 13 heavy (non-hydrogen) atoms. The van der Waals surface area contributed by atoms with Crippen LogP contribution in [0.25, 0.3) is 0 Å². The third-order valence-corrected chi connectivity index (χ3v) is 1.64. The van der Waals surface area contributed by atoms with Crippen LogP contribution in [-0.4, -0.2) is 17.7 Å². The zero-order chi connectivity index (χ0) is 9.84. The van der Waals surface area contributed by atoms with Gasteiger partial charge in [-0.3, -0.25) is 0 Å². The molecule has 0 radical (unpaired) electrons. The monoisotopic (exact) mass is 181 g/mol. The summed E-state index contributed by atoms with van der Waals surface area (Å²) in [4.78, 5) is 10.2. The molecule has 3 N–H and O–H groups in total. The van der Waals surface area contributed by atoms with Gasteiger partial charge in [-0.15, -0.1) is 0 Å². The molecular formula is C9H11NO3. The topological polar surface area (TPSA) is 72.5 Å². The molecule has 0 saturated carbocycles. The van der Waals surface area contributed by atoms with Crippen LogP contribution in [0.4, 0.5) is 5.69 Å². The van der Waals surface area contributed by atoms with Gasteiger partial charge >= 0.3 is 5.97 Å². The van der Waals surface area contributed by atoms with Crippen molar-refractivity contribution in [2.24, 2.45) is 0 Å². The number of hydrogen-bond donors (Lipinski definition) is 2. The Balaban J connectivity index is 2.77. The first-order valence-electron chi connectivity index (χ1n) is 3.81. The van der Waals surface area contributed by atoms with E-state index in [1.807, 2.05) is 13.0 Å². The van der Waals surface area contributed by atoms with Crippen molar-refractivity contribution in [3.05, 3.63) is 23.8 Å². The SMILES string of the molecule is Cc1cccc(OCC(=O)O)c1N. The largest absolute Gasteiger partial charge is 0.480 e. The first-order valence-corrected chi connectivity index (χ1v) is 3.81. The molecule has 1 aromatic rings. The zero-order valence-electron chi connectivity index (χ0n) is 7.28. The predicted octanol–water partition coefficient (Wildman–Crippen LogP) is 1.04. The number of rotatable bonds is 3. The average Bonchev–Trinajstić information content (AvgIpc) is 2.07. The molecule has 0 heterocycles. The molecule has 4 heteroatoms. The zero-order valence-corrected chi connectivity index (χ0v) is 7.28. The summed E-state index contributed by atoms with van der Waals surface area (Å²) < 4.78 is 4.95. The van der Waals surface area contributed by atoms with E-state index in [4.69, 9.17) is 15.6 Å². The highest BCUT2D eigenvalue weighted by atomic mass is 16.5. The van der Waals surface area contributed by atoms with Crippen molar-refractivity contribution in [1.82, 2.24) is 0 Å². The van der Waals surface area contributed by atoms with Gasteiger partial charge in [-0.1, -0.05) is 12.1 Å². The molecule has 0 unspecified atom stereocenters. The maximum Gasteiger partial charge on any atom is 0.341 e. The van der Waals surface area contributed by atoms with Crippen molar-refractivity contribution in [2.45, 2.75) is 6.92 Å². The summed E-state index contributed by atoms with van der Waals surface area (Å²) in [6, 6.07) is 5.25. The molecule has 0 amide bonds. The highest BCUT2D eigenvalue weighted by Gasteiger charge is 2.04. The van der Waals surface area contributed by atoms with Crippen molar-refractivity contribution >= 4 is 11.7 Å². The Morgan fingerprint density at radius 1 is 1.62 bits per heavy atom. The predicted molar refractivity (Wildman–Crippen MR) is 48.7 cm³/mol. The standard InChI is InChI=1S/C9H11NO3/c1-6-3-2-4-7(9(6)10)13-5-8(11)12/h2-4H,5,10H2,1H3,(H,11,12). The van der Waals surface area contributed by atoms with E-state index in [1.165, 1.54) is 0 Å². The molecule has 1 rings (SSSR count). The number of carboxylic acid groups (broad SMARTS) is 1. The van der Waals surface area contributed by atoms with Crippen LogP contribution in [0.2, 0.25) is 0 Å². The third kappa shape index (κ3) is 2.37. The fraction of sp³-hybridized carbons (Fsp3) is 0.222. The lowest BCUT2D eigenvalue weighted by atomic mass is 10.2. The Morgan fingerprint density at radius 2 is 2.31 bits per heavy atom. The number of hydrogen-bond acceptors (Lipinski definition) is 3. The number of aryl methyl sites for hydroxylation is 1. The van der Waals surface area contributed by atoms with Crippen LogP contribution in [0.15, 0.2) is 18.2 Å². The Labute approximate surface area is 75.9 Å². The van der Waals surface area contributed by atoms with E-state index in [9.17, 15) is 4.79 Å². The van der Waals surface area contributed by atoms with Gasteiger partial charge in [0.05, 0.1) is 5.69 Å². The van der Waals surface area contributed by atoms with Crippen LogP contribution in [0.1, 0.15) is 5.56 Å². The van der Waals surface area contributed by atoms with Crippen molar-refractivity contribution in [3.63, 3.8) is 0 Å². The van der Waals surface area contributed by atoms with Gasteiger partial charge in [0.1, 0.15) is 5.75 Å². The lowest BCUT2D eigenvalue weighted by Crippen LogP contribution is -2.10. The summed E-state index contributed by atoms with van der Waals surface area (Å²) >= 11 is 0. The van der Waals surface area contributed by atoms with Gasteiger partial charge in [-0.05, 0) is 18.6 Å². The quantitative estimate of drug-likeness (QED) is 0.683. The minimum atomic E-state index is -1.01. The van der Waals surface area contributed by atoms with Crippen molar-refractivity contribution in [1.29, 1.82) is 0 Å². The van der Waals surface area contributed by atoms with Gasteiger partial charge in [0, 0.05) is 0 Å². The van der Waals surface area contributed by atoms with Crippen LogP contribution in [0.3, 0.4) is 0 Å². The van der Waals surface area contributed by atoms with E-state index < -0.39 is 5.97 Å². The minimum absolute atomic E-state index is 0.367. The molecule has 0 aliphatic heterocycles. The molecular weight excluding hydrogens is 170 g/mol. The number of aliphatic carboxylic acids is 1. The van der Waals surface area contributed by atoms with E-state index in [0.717, 1.165) is 5.56 Å². The van der Waals surface area contributed by atoms with Crippen LogP contribution in [0, 0.1) is 6.92 Å². The van der Waals surface area contributed by atoms with E-state index in [1.54, 1.807) is 12.1 Å². The van der Waals surface area contributed by atoms with E-state index >= 15 is 0 Å². The maximum atomic E-state index is 10.2. The van der Waals surface area contributed by atoms with Crippen molar-refractivity contribution in [3.8, 4) is 5.75 Å². The summed E-state index contributed by atoms with van der Waals surface area (Å²) in [5, 5.41) is 8.37. The van der Waals surface area contributed by atoms with E-state index in [2.05, 4.69) is 0 Å². The smallest absolute Gasteiger partial charge is 0.341 e. The molecule has 0 spiro atoms. The lowest BCUT2D eigenvalue weighted by Gasteiger charge is -2.07. The number of ether oxygens (including phenoxy) is 1.